The molecule has 0 fully saturated rings. The van der Waals surface area contributed by atoms with Crippen molar-refractivity contribution in [2.45, 2.75) is 33.6 Å². The third kappa shape index (κ3) is 3.12. The summed E-state index contributed by atoms with van der Waals surface area (Å²) >= 11 is 0. The van der Waals surface area contributed by atoms with Crippen LogP contribution in [-0.4, -0.2) is 24.6 Å². The smallest absolute Gasteiger partial charge is 0.163 e. The minimum Gasteiger partial charge on any atom is -0.372 e. The summed E-state index contributed by atoms with van der Waals surface area (Å²) in [6.45, 7) is 8.44. The van der Waals surface area contributed by atoms with Gasteiger partial charge in [-0.3, -0.25) is 9.79 Å². The van der Waals surface area contributed by atoms with Gasteiger partial charge in [0.2, 0.25) is 0 Å². The molecule has 0 aromatic heterocycles. The van der Waals surface area contributed by atoms with E-state index in [0.717, 1.165) is 35.6 Å². The second-order valence-electron chi connectivity index (χ2n) is 6.17. The van der Waals surface area contributed by atoms with Crippen LogP contribution in [0.4, 0.5) is 11.4 Å². The van der Waals surface area contributed by atoms with Crippen LogP contribution in [0.15, 0.2) is 47.5 Å². The summed E-state index contributed by atoms with van der Waals surface area (Å²) in [5, 5.41) is 0. The molecule has 0 bridgehead atoms. The van der Waals surface area contributed by atoms with Gasteiger partial charge in [-0.25, -0.2) is 0 Å². The van der Waals surface area contributed by atoms with E-state index in [4.69, 9.17) is 4.99 Å². The number of hydrogen-bond acceptors (Lipinski definition) is 3. The number of rotatable bonds is 4. The van der Waals surface area contributed by atoms with Crippen molar-refractivity contribution in [3.63, 3.8) is 0 Å². The molecule has 0 atom stereocenters. The third-order valence-corrected chi connectivity index (χ3v) is 4.69. The Balaban J connectivity index is 1.98. The van der Waals surface area contributed by atoms with E-state index in [1.807, 2.05) is 24.3 Å². The lowest BCUT2D eigenvalue weighted by atomic mass is 9.89. The number of ketones is 1. The Kier molecular flexibility index (Phi) is 4.79. The zero-order chi connectivity index (χ0) is 17.1. The first-order chi connectivity index (χ1) is 11.6. The number of benzene rings is 2. The van der Waals surface area contributed by atoms with Gasteiger partial charge in [-0.2, -0.15) is 0 Å². The first-order valence-corrected chi connectivity index (χ1v) is 8.69. The molecule has 0 unspecified atom stereocenters. The van der Waals surface area contributed by atoms with Crippen molar-refractivity contribution >= 4 is 22.9 Å². The maximum atomic E-state index is 12.1. The van der Waals surface area contributed by atoms with E-state index in [1.54, 1.807) is 0 Å². The highest BCUT2D eigenvalue weighted by atomic mass is 16.1. The molecule has 3 rings (SSSR count). The van der Waals surface area contributed by atoms with Crippen molar-refractivity contribution in [2.24, 2.45) is 4.99 Å². The number of Topliss-reactive ketones (excluding diaryl/α,β-unsaturated/α-hetero) is 1. The SMILES string of the molecule is CCN(CC)c1ccc(N=C2CCC(=O)c3ccccc32)c(C)c1. The molecule has 0 heterocycles. The van der Waals surface area contributed by atoms with Crippen LogP contribution in [0.25, 0.3) is 0 Å². The van der Waals surface area contributed by atoms with Gasteiger partial charge in [-0.15, -0.1) is 0 Å². The van der Waals surface area contributed by atoms with Crippen LogP contribution >= 0.6 is 0 Å². The summed E-state index contributed by atoms with van der Waals surface area (Å²) in [7, 11) is 0. The predicted octanol–water partition coefficient (Wildman–Crippen LogP) is 4.94. The number of anilines is 1. The van der Waals surface area contributed by atoms with Gasteiger partial charge < -0.3 is 4.90 Å². The molecule has 0 radical (unpaired) electrons. The standard InChI is InChI=1S/C21H24N2O/c1-4-23(5-2)16-10-11-19(15(3)14-16)22-20-12-13-21(24)18-9-7-6-8-17(18)20/h6-11,14H,4-5,12-13H2,1-3H3. The van der Waals surface area contributed by atoms with Gasteiger partial charge in [-0.05, 0) is 51.0 Å². The molecular weight excluding hydrogens is 296 g/mol. The second-order valence-corrected chi connectivity index (χ2v) is 6.17. The largest absolute Gasteiger partial charge is 0.372 e. The van der Waals surface area contributed by atoms with Crippen molar-refractivity contribution in [2.75, 3.05) is 18.0 Å². The van der Waals surface area contributed by atoms with E-state index in [1.165, 1.54) is 11.3 Å². The average Bonchev–Trinajstić information content (AvgIpc) is 2.60. The number of nitrogens with zero attached hydrogens (tertiary/aromatic N) is 2. The molecule has 3 heteroatoms. The highest BCUT2D eigenvalue weighted by Gasteiger charge is 2.21. The van der Waals surface area contributed by atoms with Crippen molar-refractivity contribution < 1.29 is 4.79 Å². The number of fused-ring (bicyclic) bond motifs is 1. The Labute approximate surface area is 144 Å². The summed E-state index contributed by atoms with van der Waals surface area (Å²) in [5.74, 6) is 0.221. The summed E-state index contributed by atoms with van der Waals surface area (Å²) in [5.41, 5.74) is 6.21. The summed E-state index contributed by atoms with van der Waals surface area (Å²) < 4.78 is 0. The van der Waals surface area contributed by atoms with Crippen LogP contribution in [0.1, 0.15) is 48.2 Å². The summed E-state index contributed by atoms with van der Waals surface area (Å²) in [6.07, 6.45) is 1.26. The lowest BCUT2D eigenvalue weighted by Crippen LogP contribution is -2.21. The fourth-order valence-corrected chi connectivity index (χ4v) is 3.29. The van der Waals surface area contributed by atoms with Gasteiger partial charge in [-0.1, -0.05) is 24.3 Å². The van der Waals surface area contributed by atoms with Gasteiger partial charge >= 0.3 is 0 Å². The monoisotopic (exact) mass is 320 g/mol. The molecule has 2 aromatic rings. The van der Waals surface area contributed by atoms with Crippen molar-refractivity contribution in [3.8, 4) is 0 Å². The molecule has 124 valence electrons. The maximum absolute atomic E-state index is 12.1. The Morgan fingerprint density at radius 3 is 2.38 bits per heavy atom. The van der Waals surface area contributed by atoms with Crippen LogP contribution in [0.5, 0.6) is 0 Å². The molecule has 24 heavy (non-hydrogen) atoms. The lowest BCUT2D eigenvalue weighted by Gasteiger charge is -2.22. The quantitative estimate of drug-likeness (QED) is 0.799. The molecule has 0 spiro atoms. The number of carbonyl (C=O) groups excluding carboxylic acids is 1. The van der Waals surface area contributed by atoms with Crippen LogP contribution in [0, 0.1) is 6.92 Å². The van der Waals surface area contributed by atoms with Crippen LogP contribution in [0.3, 0.4) is 0 Å². The fraction of sp³-hybridized carbons (Fsp3) is 0.333. The lowest BCUT2D eigenvalue weighted by molar-refractivity contribution is 0.0982. The van der Waals surface area contributed by atoms with Crippen LogP contribution in [0.2, 0.25) is 0 Å². The molecule has 1 aliphatic rings. The number of carbonyl (C=O) groups is 1. The van der Waals surface area contributed by atoms with Crippen LogP contribution in [-0.2, 0) is 0 Å². The maximum Gasteiger partial charge on any atom is 0.163 e. The van der Waals surface area contributed by atoms with Gasteiger partial charge in [0.15, 0.2) is 5.78 Å². The van der Waals surface area contributed by atoms with Gasteiger partial charge in [0.1, 0.15) is 0 Å². The van der Waals surface area contributed by atoms with Crippen molar-refractivity contribution in [3.05, 3.63) is 59.2 Å². The molecule has 0 aliphatic heterocycles. The van der Waals surface area contributed by atoms with Gasteiger partial charge in [0.05, 0.1) is 5.69 Å². The number of aliphatic imine (C=N–C) groups is 1. The highest BCUT2D eigenvalue weighted by Crippen LogP contribution is 2.28. The van der Waals surface area contributed by atoms with E-state index in [9.17, 15) is 4.79 Å². The van der Waals surface area contributed by atoms with E-state index < -0.39 is 0 Å². The van der Waals surface area contributed by atoms with E-state index >= 15 is 0 Å². The molecule has 0 saturated heterocycles. The van der Waals surface area contributed by atoms with Crippen molar-refractivity contribution in [1.82, 2.24) is 0 Å². The first-order valence-electron chi connectivity index (χ1n) is 8.69. The topological polar surface area (TPSA) is 32.7 Å². The highest BCUT2D eigenvalue weighted by molar-refractivity contribution is 6.16. The molecular formula is C21H24N2O. The molecule has 2 aromatic carbocycles. The van der Waals surface area contributed by atoms with Crippen LogP contribution < -0.4 is 4.90 Å². The average molecular weight is 320 g/mol. The number of hydrogen-bond donors (Lipinski definition) is 0. The molecule has 1 aliphatic carbocycles. The molecule has 0 saturated carbocycles. The Bertz CT molecular complexity index is 788. The normalized spacial score (nSPS) is 15.5. The Hall–Kier alpha value is -2.42. The molecule has 0 N–H and O–H groups in total. The van der Waals surface area contributed by atoms with Gasteiger partial charge in [0, 0.05) is 42.0 Å². The third-order valence-electron chi connectivity index (χ3n) is 4.69. The zero-order valence-electron chi connectivity index (χ0n) is 14.7. The first kappa shape index (κ1) is 16.4. The summed E-state index contributed by atoms with van der Waals surface area (Å²) in [4.78, 5) is 19.3. The second kappa shape index (κ2) is 7.00. The van der Waals surface area contributed by atoms with Crippen molar-refractivity contribution in [1.29, 1.82) is 0 Å². The van der Waals surface area contributed by atoms with E-state index in [-0.39, 0.29) is 5.78 Å². The van der Waals surface area contributed by atoms with E-state index in [0.29, 0.717) is 12.8 Å². The fourth-order valence-electron chi connectivity index (χ4n) is 3.29. The number of aryl methyl sites for hydroxylation is 1. The van der Waals surface area contributed by atoms with Gasteiger partial charge in [0.25, 0.3) is 0 Å². The minimum absolute atomic E-state index is 0.221. The Morgan fingerprint density at radius 1 is 1.00 bits per heavy atom. The van der Waals surface area contributed by atoms with E-state index in [2.05, 4.69) is 43.9 Å². The Morgan fingerprint density at radius 2 is 1.71 bits per heavy atom. The minimum atomic E-state index is 0.221. The zero-order valence-corrected chi connectivity index (χ0v) is 14.7. The summed E-state index contributed by atoms with van der Waals surface area (Å²) in [6, 6.07) is 14.2. The predicted molar refractivity (Wildman–Crippen MR) is 101 cm³/mol. The molecule has 0 amide bonds. The molecule has 3 nitrogen and oxygen atoms in total.